The quantitative estimate of drug-likeness (QED) is 0.817. The maximum atomic E-state index is 13.6. The van der Waals surface area contributed by atoms with E-state index in [9.17, 15) is 9.50 Å². The van der Waals surface area contributed by atoms with Gasteiger partial charge in [0, 0.05) is 10.6 Å². The molecule has 0 amide bonds. The molecular weight excluding hydrogens is 271 g/mol. The van der Waals surface area contributed by atoms with E-state index < -0.39 is 6.10 Å². The highest BCUT2D eigenvalue weighted by molar-refractivity contribution is 7.98. The van der Waals surface area contributed by atoms with Gasteiger partial charge in [-0.2, -0.15) is 0 Å². The topological polar surface area (TPSA) is 20.2 Å². The van der Waals surface area contributed by atoms with Gasteiger partial charge in [0.05, 0.1) is 6.10 Å². The van der Waals surface area contributed by atoms with Crippen LogP contribution in [0.4, 0.5) is 4.39 Å². The monoisotopic (exact) mass is 290 g/mol. The molecule has 0 bridgehead atoms. The lowest BCUT2D eigenvalue weighted by Gasteiger charge is -2.13. The first-order chi connectivity index (χ1) is 9.47. The van der Waals surface area contributed by atoms with Gasteiger partial charge in [-0.25, -0.2) is 4.39 Å². The molecule has 0 saturated carbocycles. The van der Waals surface area contributed by atoms with E-state index in [4.69, 9.17) is 0 Å². The Balaban J connectivity index is 2.22. The molecule has 0 radical (unpaired) electrons. The van der Waals surface area contributed by atoms with Gasteiger partial charge in [-0.15, -0.1) is 11.8 Å². The van der Waals surface area contributed by atoms with Gasteiger partial charge in [0.2, 0.25) is 0 Å². The van der Waals surface area contributed by atoms with Crippen molar-refractivity contribution in [2.75, 3.05) is 0 Å². The SMILES string of the molecule is Cc1cccc(CSc2cc(C)c(F)cc2[C@@H](C)O)c1. The third-order valence-electron chi connectivity index (χ3n) is 3.22. The van der Waals surface area contributed by atoms with Gasteiger partial charge < -0.3 is 5.11 Å². The molecule has 2 aromatic rings. The number of halogens is 1. The summed E-state index contributed by atoms with van der Waals surface area (Å²) in [6.07, 6.45) is -0.662. The Morgan fingerprint density at radius 2 is 1.95 bits per heavy atom. The van der Waals surface area contributed by atoms with E-state index in [2.05, 4.69) is 25.1 Å². The van der Waals surface area contributed by atoms with E-state index >= 15 is 0 Å². The molecule has 0 aliphatic rings. The number of aliphatic hydroxyl groups excluding tert-OH is 1. The van der Waals surface area contributed by atoms with Crippen LogP contribution >= 0.6 is 11.8 Å². The van der Waals surface area contributed by atoms with Crippen molar-refractivity contribution in [1.29, 1.82) is 0 Å². The average Bonchev–Trinajstić information content (AvgIpc) is 2.39. The van der Waals surface area contributed by atoms with Crippen LogP contribution in [0.2, 0.25) is 0 Å². The molecule has 0 spiro atoms. The van der Waals surface area contributed by atoms with Crippen LogP contribution in [0.15, 0.2) is 41.3 Å². The summed E-state index contributed by atoms with van der Waals surface area (Å²) >= 11 is 1.63. The second-order valence-electron chi connectivity index (χ2n) is 5.09. The summed E-state index contributed by atoms with van der Waals surface area (Å²) in [6, 6.07) is 11.6. The second-order valence-corrected chi connectivity index (χ2v) is 6.11. The molecule has 1 atom stereocenters. The number of hydrogen-bond acceptors (Lipinski definition) is 2. The van der Waals surface area contributed by atoms with Crippen molar-refractivity contribution in [3.8, 4) is 0 Å². The highest BCUT2D eigenvalue weighted by Crippen LogP contribution is 2.32. The van der Waals surface area contributed by atoms with Crippen LogP contribution in [0, 0.1) is 19.7 Å². The predicted octanol–water partition coefficient (Wildman–Crippen LogP) is 4.79. The summed E-state index contributed by atoms with van der Waals surface area (Å²) in [7, 11) is 0. The molecule has 2 aromatic carbocycles. The largest absolute Gasteiger partial charge is 0.389 e. The van der Waals surface area contributed by atoms with Crippen LogP contribution < -0.4 is 0 Å². The fraction of sp³-hybridized carbons (Fsp3) is 0.294. The van der Waals surface area contributed by atoms with Gasteiger partial charge in [0.15, 0.2) is 0 Å². The van der Waals surface area contributed by atoms with Crippen LogP contribution in [-0.4, -0.2) is 5.11 Å². The molecule has 0 fully saturated rings. The summed E-state index contributed by atoms with van der Waals surface area (Å²) < 4.78 is 13.6. The van der Waals surface area contributed by atoms with E-state index in [1.807, 2.05) is 12.1 Å². The van der Waals surface area contributed by atoms with Gasteiger partial charge in [-0.05, 0) is 49.6 Å². The Morgan fingerprint density at radius 3 is 2.60 bits per heavy atom. The van der Waals surface area contributed by atoms with Gasteiger partial charge in [-0.1, -0.05) is 29.8 Å². The average molecular weight is 290 g/mol. The summed E-state index contributed by atoms with van der Waals surface area (Å²) in [5, 5.41) is 9.78. The molecule has 3 heteroatoms. The Hall–Kier alpha value is -1.32. The van der Waals surface area contributed by atoms with Crippen molar-refractivity contribution in [2.24, 2.45) is 0 Å². The standard InChI is InChI=1S/C17H19FOS/c1-11-5-4-6-14(7-11)10-20-17-8-12(2)16(18)9-15(17)13(3)19/h4-9,13,19H,10H2,1-3H3/t13-/m1/s1. The fourth-order valence-corrected chi connectivity index (χ4v) is 3.24. The van der Waals surface area contributed by atoms with Crippen LogP contribution in [-0.2, 0) is 5.75 Å². The molecule has 2 rings (SSSR count). The van der Waals surface area contributed by atoms with Gasteiger partial charge in [0.25, 0.3) is 0 Å². The van der Waals surface area contributed by atoms with Crippen LogP contribution in [0.3, 0.4) is 0 Å². The van der Waals surface area contributed by atoms with Crippen LogP contribution in [0.25, 0.3) is 0 Å². The zero-order chi connectivity index (χ0) is 14.7. The number of benzene rings is 2. The lowest BCUT2D eigenvalue weighted by molar-refractivity contribution is 0.196. The molecule has 0 heterocycles. The maximum absolute atomic E-state index is 13.6. The Kier molecular flexibility index (Phi) is 4.84. The first-order valence-electron chi connectivity index (χ1n) is 6.64. The lowest BCUT2D eigenvalue weighted by Crippen LogP contribution is -1.98. The minimum atomic E-state index is -0.662. The zero-order valence-electron chi connectivity index (χ0n) is 12.0. The van der Waals surface area contributed by atoms with Crippen molar-refractivity contribution in [2.45, 2.75) is 37.5 Å². The molecular formula is C17H19FOS. The third kappa shape index (κ3) is 3.62. The van der Waals surface area contributed by atoms with E-state index in [1.165, 1.54) is 17.2 Å². The van der Waals surface area contributed by atoms with Gasteiger partial charge >= 0.3 is 0 Å². The van der Waals surface area contributed by atoms with Crippen molar-refractivity contribution >= 4 is 11.8 Å². The molecule has 0 aliphatic heterocycles. The summed E-state index contributed by atoms with van der Waals surface area (Å²) in [5.74, 6) is 0.549. The number of rotatable bonds is 4. The minimum absolute atomic E-state index is 0.263. The first kappa shape index (κ1) is 15.1. The smallest absolute Gasteiger partial charge is 0.126 e. The highest BCUT2D eigenvalue weighted by Gasteiger charge is 2.12. The number of aliphatic hydroxyl groups is 1. The normalized spacial score (nSPS) is 12.4. The third-order valence-corrected chi connectivity index (χ3v) is 4.36. The molecule has 20 heavy (non-hydrogen) atoms. The van der Waals surface area contributed by atoms with Crippen molar-refractivity contribution < 1.29 is 9.50 Å². The molecule has 0 aliphatic carbocycles. The van der Waals surface area contributed by atoms with Crippen molar-refractivity contribution in [3.05, 3.63) is 64.5 Å². The molecule has 0 unspecified atom stereocenters. The van der Waals surface area contributed by atoms with Crippen molar-refractivity contribution in [1.82, 2.24) is 0 Å². The molecule has 0 saturated heterocycles. The Morgan fingerprint density at radius 1 is 1.20 bits per heavy atom. The van der Waals surface area contributed by atoms with Crippen LogP contribution in [0.1, 0.15) is 35.3 Å². The Bertz CT molecular complexity index is 608. The van der Waals surface area contributed by atoms with E-state index in [-0.39, 0.29) is 5.82 Å². The van der Waals surface area contributed by atoms with Crippen molar-refractivity contribution in [3.63, 3.8) is 0 Å². The maximum Gasteiger partial charge on any atom is 0.126 e. The summed E-state index contributed by atoms with van der Waals surface area (Å²) in [6.45, 7) is 5.48. The van der Waals surface area contributed by atoms with Gasteiger partial charge in [-0.3, -0.25) is 0 Å². The molecule has 1 nitrogen and oxygen atoms in total. The summed E-state index contributed by atoms with van der Waals surface area (Å²) in [5.41, 5.74) is 3.73. The number of thioether (sulfide) groups is 1. The minimum Gasteiger partial charge on any atom is -0.389 e. The second kappa shape index (κ2) is 6.42. The van der Waals surface area contributed by atoms with Crippen LogP contribution in [0.5, 0.6) is 0 Å². The Labute approximate surface area is 123 Å². The number of aryl methyl sites for hydroxylation is 2. The molecule has 1 N–H and O–H groups in total. The first-order valence-corrected chi connectivity index (χ1v) is 7.62. The highest BCUT2D eigenvalue weighted by atomic mass is 32.2. The lowest BCUT2D eigenvalue weighted by atomic mass is 10.1. The van der Waals surface area contributed by atoms with Gasteiger partial charge in [0.1, 0.15) is 5.82 Å². The zero-order valence-corrected chi connectivity index (χ0v) is 12.8. The summed E-state index contributed by atoms with van der Waals surface area (Å²) in [4.78, 5) is 0.945. The molecule has 106 valence electrons. The van der Waals surface area contributed by atoms with E-state index in [0.29, 0.717) is 11.1 Å². The van der Waals surface area contributed by atoms with E-state index in [1.54, 1.807) is 25.6 Å². The predicted molar refractivity (Wildman–Crippen MR) is 82.5 cm³/mol. The molecule has 0 aromatic heterocycles. The van der Waals surface area contributed by atoms with E-state index in [0.717, 1.165) is 10.6 Å². The fourth-order valence-electron chi connectivity index (χ4n) is 2.08. The number of hydrogen-bond donors (Lipinski definition) is 1.